The van der Waals surface area contributed by atoms with Gasteiger partial charge in [0.1, 0.15) is 0 Å². The Morgan fingerprint density at radius 2 is 1.50 bits per heavy atom. The first-order valence-corrected chi connectivity index (χ1v) is 9.61. The van der Waals surface area contributed by atoms with Gasteiger partial charge in [0.2, 0.25) is 5.70 Å². The fourth-order valence-corrected chi connectivity index (χ4v) is 3.46. The number of anilines is 1. The highest BCUT2D eigenvalue weighted by Crippen LogP contribution is 2.20. The van der Waals surface area contributed by atoms with Crippen LogP contribution in [-0.2, 0) is 0 Å². The van der Waals surface area contributed by atoms with Gasteiger partial charge in [-0.05, 0) is 73.4 Å². The Morgan fingerprint density at radius 3 is 2.11 bits per heavy atom. The molecular weight excluding hydrogens is 364 g/mol. The molecular formula is C24H24N2OS. The maximum Gasteiger partial charge on any atom is 0.238 e. The summed E-state index contributed by atoms with van der Waals surface area (Å²) in [7, 11) is 0. The summed E-state index contributed by atoms with van der Waals surface area (Å²) in [5.41, 5.74) is 6.44. The molecule has 0 fully saturated rings. The molecule has 4 heteroatoms. The molecule has 0 aliphatic rings. The second kappa shape index (κ2) is 8.36. The van der Waals surface area contributed by atoms with Crippen molar-refractivity contribution < 1.29 is 9.67 Å². The van der Waals surface area contributed by atoms with Crippen molar-refractivity contribution in [1.29, 1.82) is 0 Å². The highest BCUT2D eigenvalue weighted by molar-refractivity contribution is 7.81. The molecule has 142 valence electrons. The van der Waals surface area contributed by atoms with Crippen LogP contribution in [0.1, 0.15) is 27.8 Å². The van der Waals surface area contributed by atoms with Crippen LogP contribution in [0.3, 0.4) is 0 Å². The minimum Gasteiger partial charge on any atom is -0.867 e. The number of pyridine rings is 1. The number of hydrogen-bond donors (Lipinski definition) is 1. The average molecular weight is 389 g/mol. The first kappa shape index (κ1) is 19.8. The van der Waals surface area contributed by atoms with Gasteiger partial charge in [0.05, 0.1) is 0 Å². The van der Waals surface area contributed by atoms with Crippen molar-refractivity contribution in [2.24, 2.45) is 0 Å². The molecule has 1 aromatic heterocycles. The lowest BCUT2D eigenvalue weighted by atomic mass is 10.0. The predicted molar refractivity (Wildman–Crippen MR) is 118 cm³/mol. The average Bonchev–Trinajstić information content (AvgIpc) is 2.64. The van der Waals surface area contributed by atoms with E-state index in [1.54, 1.807) is 4.57 Å². The van der Waals surface area contributed by atoms with Crippen molar-refractivity contribution in [2.75, 3.05) is 5.32 Å². The summed E-state index contributed by atoms with van der Waals surface area (Å²) in [5.74, 6) is -0.110. The van der Waals surface area contributed by atoms with Gasteiger partial charge in [0, 0.05) is 17.8 Å². The Hall–Kier alpha value is -2.98. The van der Waals surface area contributed by atoms with Crippen LogP contribution in [0.15, 0.2) is 67.0 Å². The van der Waals surface area contributed by atoms with Crippen LogP contribution in [0.5, 0.6) is 0 Å². The molecule has 1 N–H and O–H groups in total. The fraction of sp³-hybridized carbons (Fsp3) is 0.167. The number of hydrogen-bond acceptors (Lipinski definition) is 2. The van der Waals surface area contributed by atoms with Crippen LogP contribution in [-0.4, -0.2) is 4.99 Å². The molecule has 3 nitrogen and oxygen atoms in total. The first-order valence-electron chi connectivity index (χ1n) is 9.20. The molecule has 0 aliphatic heterocycles. The second-order valence-corrected chi connectivity index (χ2v) is 7.50. The molecule has 0 saturated heterocycles. The van der Waals surface area contributed by atoms with Gasteiger partial charge in [-0.25, -0.2) is 0 Å². The molecule has 0 atom stereocenters. The molecule has 2 aromatic carbocycles. The van der Waals surface area contributed by atoms with E-state index in [9.17, 15) is 5.11 Å². The number of thiocarbonyl (C=S) groups is 1. The van der Waals surface area contributed by atoms with Crippen LogP contribution in [0.4, 0.5) is 5.69 Å². The van der Waals surface area contributed by atoms with Gasteiger partial charge in [-0.15, -0.1) is 0 Å². The molecule has 0 amide bonds. The third kappa shape index (κ3) is 4.46. The molecule has 0 spiro atoms. The molecule has 0 saturated carbocycles. The number of rotatable bonds is 4. The summed E-state index contributed by atoms with van der Waals surface area (Å²) in [5, 5.41) is 16.6. The molecule has 3 rings (SSSR count). The van der Waals surface area contributed by atoms with Crippen LogP contribution in [0, 0.1) is 27.7 Å². The van der Waals surface area contributed by atoms with E-state index in [1.807, 2.05) is 88.6 Å². The second-order valence-electron chi connectivity index (χ2n) is 7.09. The largest absolute Gasteiger partial charge is 0.867 e. The number of aryl methyl sites for hydroxylation is 4. The van der Waals surface area contributed by atoms with Crippen molar-refractivity contribution in [2.45, 2.75) is 27.7 Å². The summed E-state index contributed by atoms with van der Waals surface area (Å²) in [6, 6.07) is 17.6. The van der Waals surface area contributed by atoms with Crippen LogP contribution < -0.4 is 15.0 Å². The Kier molecular flexibility index (Phi) is 5.90. The summed E-state index contributed by atoms with van der Waals surface area (Å²) in [4.78, 5) is 0.393. The Morgan fingerprint density at radius 1 is 0.857 bits per heavy atom. The SMILES string of the molecule is Cc1cc(C)cc(NC(=S)C(=C([O-])c2ccc(C)c(C)c2)[n+]2ccccc2)c1. The quantitative estimate of drug-likeness (QED) is 0.313. The molecule has 1 heterocycles. The van der Waals surface area contributed by atoms with E-state index < -0.39 is 0 Å². The minimum atomic E-state index is -0.110. The van der Waals surface area contributed by atoms with Crippen molar-refractivity contribution >= 4 is 34.3 Å². The Labute approximate surface area is 172 Å². The Balaban J connectivity index is 2.08. The van der Waals surface area contributed by atoms with Crippen LogP contribution in [0.25, 0.3) is 11.5 Å². The zero-order valence-electron chi connectivity index (χ0n) is 16.6. The number of aromatic nitrogens is 1. The lowest BCUT2D eigenvalue weighted by Gasteiger charge is -2.18. The molecule has 0 radical (unpaired) electrons. The van der Waals surface area contributed by atoms with Gasteiger partial charge < -0.3 is 10.4 Å². The summed E-state index contributed by atoms with van der Waals surface area (Å²) >= 11 is 5.67. The van der Waals surface area contributed by atoms with Gasteiger partial charge in [-0.1, -0.05) is 42.5 Å². The molecule has 28 heavy (non-hydrogen) atoms. The monoisotopic (exact) mass is 388 g/mol. The van der Waals surface area contributed by atoms with Crippen molar-refractivity contribution in [1.82, 2.24) is 0 Å². The highest BCUT2D eigenvalue weighted by atomic mass is 32.1. The topological polar surface area (TPSA) is 39.0 Å². The normalized spacial score (nSPS) is 11.7. The predicted octanol–water partition coefficient (Wildman–Crippen LogP) is 4.33. The lowest BCUT2D eigenvalue weighted by molar-refractivity contribution is -0.577. The minimum absolute atomic E-state index is 0.110. The van der Waals surface area contributed by atoms with Crippen molar-refractivity contribution in [3.63, 3.8) is 0 Å². The maximum atomic E-state index is 13.4. The lowest BCUT2D eigenvalue weighted by Crippen LogP contribution is -2.39. The van der Waals surface area contributed by atoms with E-state index in [1.165, 1.54) is 0 Å². The molecule has 3 aromatic rings. The third-order valence-corrected chi connectivity index (χ3v) is 4.95. The smallest absolute Gasteiger partial charge is 0.238 e. The molecule has 0 bridgehead atoms. The number of nitrogens with one attached hydrogen (secondary N) is 1. The van der Waals surface area contributed by atoms with E-state index in [0.717, 1.165) is 27.9 Å². The van der Waals surface area contributed by atoms with E-state index >= 15 is 0 Å². The van der Waals surface area contributed by atoms with Gasteiger partial charge >= 0.3 is 0 Å². The molecule has 0 aliphatic carbocycles. The zero-order valence-corrected chi connectivity index (χ0v) is 17.4. The van der Waals surface area contributed by atoms with E-state index in [4.69, 9.17) is 12.2 Å². The van der Waals surface area contributed by atoms with Crippen LogP contribution in [0.2, 0.25) is 0 Å². The van der Waals surface area contributed by atoms with E-state index in [-0.39, 0.29) is 5.76 Å². The van der Waals surface area contributed by atoms with Gasteiger partial charge in [0.25, 0.3) is 0 Å². The van der Waals surface area contributed by atoms with Crippen LogP contribution >= 0.6 is 12.2 Å². The van der Waals surface area contributed by atoms with E-state index in [0.29, 0.717) is 16.2 Å². The fourth-order valence-electron chi connectivity index (χ4n) is 3.14. The van der Waals surface area contributed by atoms with Crippen molar-refractivity contribution in [3.8, 4) is 0 Å². The third-order valence-electron chi connectivity index (χ3n) is 4.65. The highest BCUT2D eigenvalue weighted by Gasteiger charge is 2.19. The van der Waals surface area contributed by atoms with Crippen molar-refractivity contribution in [3.05, 3.63) is 94.8 Å². The summed E-state index contributed by atoms with van der Waals surface area (Å²) < 4.78 is 1.77. The zero-order chi connectivity index (χ0) is 20.3. The summed E-state index contributed by atoms with van der Waals surface area (Å²) in [6.07, 6.45) is 3.67. The molecule has 0 unspecified atom stereocenters. The summed E-state index contributed by atoms with van der Waals surface area (Å²) in [6.45, 7) is 8.12. The van der Waals surface area contributed by atoms with Gasteiger partial charge in [-0.3, -0.25) is 0 Å². The number of benzene rings is 2. The Bertz CT molecular complexity index is 1040. The van der Waals surface area contributed by atoms with Gasteiger partial charge in [-0.2, -0.15) is 4.57 Å². The first-order chi connectivity index (χ1) is 13.3. The number of nitrogens with zero attached hydrogens (tertiary/aromatic N) is 1. The standard InChI is InChI=1S/C24H24N2OS/c1-16-12-17(2)14-21(13-16)25-24(28)22(26-10-6-5-7-11-26)23(27)20-9-8-18(3)19(4)15-20/h5-15H,1-4H3,(H-,25,27,28). The van der Waals surface area contributed by atoms with Gasteiger partial charge in [0.15, 0.2) is 17.4 Å². The van der Waals surface area contributed by atoms with E-state index in [2.05, 4.69) is 11.4 Å². The maximum absolute atomic E-state index is 13.4.